The minimum atomic E-state index is 0.351. The Kier molecular flexibility index (Phi) is 5.89. The van der Waals surface area contributed by atoms with Crippen LogP contribution < -0.4 is 10.6 Å². The molecule has 6 heteroatoms. The molecular formula is C16H26ClN5. The van der Waals surface area contributed by atoms with Gasteiger partial charge in [0.25, 0.3) is 0 Å². The Morgan fingerprint density at radius 1 is 1.59 bits per heavy atom. The summed E-state index contributed by atoms with van der Waals surface area (Å²) >= 11 is 5.79. The minimum absolute atomic E-state index is 0.351. The highest BCUT2D eigenvalue weighted by Crippen LogP contribution is 2.21. The van der Waals surface area contributed by atoms with E-state index in [9.17, 15) is 0 Å². The lowest BCUT2D eigenvalue weighted by molar-refractivity contribution is 0.499. The molecule has 0 saturated heterocycles. The molecule has 122 valence electrons. The predicted octanol–water partition coefficient (Wildman–Crippen LogP) is 2.63. The van der Waals surface area contributed by atoms with E-state index in [2.05, 4.69) is 53.9 Å². The predicted molar refractivity (Wildman–Crippen MR) is 92.5 cm³/mol. The standard InChI is InChI=1S/C16H26ClN5/c1-5-18-16(19-9-12(4)17)20-14-7-6-13-10-22(11(2)3)21-15(13)8-14/h10-11,14H,4-9H2,1-3H3,(H2,18,19,20). The molecule has 1 aliphatic carbocycles. The maximum absolute atomic E-state index is 5.79. The summed E-state index contributed by atoms with van der Waals surface area (Å²) < 4.78 is 2.06. The van der Waals surface area contributed by atoms with Gasteiger partial charge in [0.2, 0.25) is 0 Å². The number of aromatic nitrogens is 2. The van der Waals surface area contributed by atoms with Gasteiger partial charge >= 0.3 is 0 Å². The molecule has 0 saturated carbocycles. The lowest BCUT2D eigenvalue weighted by atomic mass is 9.94. The summed E-state index contributed by atoms with van der Waals surface area (Å²) in [4.78, 5) is 4.43. The van der Waals surface area contributed by atoms with Crippen molar-refractivity contribution >= 4 is 17.6 Å². The van der Waals surface area contributed by atoms with Crippen molar-refractivity contribution in [1.82, 2.24) is 20.4 Å². The molecular weight excluding hydrogens is 298 g/mol. The van der Waals surface area contributed by atoms with E-state index in [0.717, 1.165) is 31.8 Å². The number of rotatable bonds is 5. The Hall–Kier alpha value is -1.49. The van der Waals surface area contributed by atoms with Gasteiger partial charge in [-0.2, -0.15) is 5.10 Å². The van der Waals surface area contributed by atoms with Crippen molar-refractivity contribution in [2.45, 2.75) is 52.1 Å². The van der Waals surface area contributed by atoms with E-state index in [1.165, 1.54) is 11.3 Å². The topological polar surface area (TPSA) is 54.2 Å². The highest BCUT2D eigenvalue weighted by molar-refractivity contribution is 6.29. The molecule has 1 aliphatic rings. The van der Waals surface area contributed by atoms with E-state index in [-0.39, 0.29) is 0 Å². The molecule has 0 radical (unpaired) electrons. The molecule has 1 heterocycles. The van der Waals surface area contributed by atoms with Crippen molar-refractivity contribution in [1.29, 1.82) is 0 Å². The molecule has 0 bridgehead atoms. The van der Waals surface area contributed by atoms with E-state index < -0.39 is 0 Å². The molecule has 5 nitrogen and oxygen atoms in total. The van der Waals surface area contributed by atoms with Crippen LogP contribution in [0, 0.1) is 0 Å². The number of fused-ring (bicyclic) bond motifs is 1. The maximum Gasteiger partial charge on any atom is 0.191 e. The lowest BCUT2D eigenvalue weighted by Crippen LogP contribution is -2.45. The number of hydrogen-bond acceptors (Lipinski definition) is 2. The molecule has 22 heavy (non-hydrogen) atoms. The molecule has 0 spiro atoms. The second kappa shape index (κ2) is 7.68. The summed E-state index contributed by atoms with van der Waals surface area (Å²) in [6.07, 6.45) is 5.26. The van der Waals surface area contributed by atoms with Crippen molar-refractivity contribution in [3.8, 4) is 0 Å². The first-order valence-corrected chi connectivity index (χ1v) is 8.32. The molecule has 0 fully saturated rings. The fraction of sp³-hybridized carbons (Fsp3) is 0.625. The molecule has 0 amide bonds. The molecule has 2 N–H and O–H groups in total. The number of hydrogen-bond donors (Lipinski definition) is 2. The molecule has 0 aliphatic heterocycles. The first kappa shape index (κ1) is 16.9. The zero-order chi connectivity index (χ0) is 16.1. The molecule has 1 aromatic rings. The molecule has 1 unspecified atom stereocenters. The Morgan fingerprint density at radius 3 is 3.00 bits per heavy atom. The normalized spacial score (nSPS) is 18.2. The number of guanidine groups is 1. The van der Waals surface area contributed by atoms with E-state index >= 15 is 0 Å². The van der Waals surface area contributed by atoms with Gasteiger partial charge in [0, 0.05) is 36.3 Å². The van der Waals surface area contributed by atoms with Crippen LogP contribution in [0.5, 0.6) is 0 Å². The number of aryl methyl sites for hydroxylation is 1. The number of halogens is 1. The van der Waals surface area contributed by atoms with Crippen LogP contribution in [-0.2, 0) is 12.8 Å². The van der Waals surface area contributed by atoms with Crippen molar-refractivity contribution < 1.29 is 0 Å². The molecule has 0 aromatic carbocycles. The van der Waals surface area contributed by atoms with Crippen LogP contribution in [0.1, 0.15) is 44.5 Å². The second-order valence-corrected chi connectivity index (χ2v) is 6.51. The fourth-order valence-electron chi connectivity index (χ4n) is 2.58. The zero-order valence-electron chi connectivity index (χ0n) is 13.7. The third-order valence-electron chi connectivity index (χ3n) is 3.72. The van der Waals surface area contributed by atoms with Gasteiger partial charge in [-0.25, -0.2) is 4.99 Å². The lowest BCUT2D eigenvalue weighted by Gasteiger charge is -2.24. The average Bonchev–Trinajstić information content (AvgIpc) is 2.88. The van der Waals surface area contributed by atoms with Crippen LogP contribution in [0.2, 0.25) is 0 Å². The Morgan fingerprint density at radius 2 is 2.36 bits per heavy atom. The van der Waals surface area contributed by atoms with Gasteiger partial charge in [0.05, 0.1) is 12.2 Å². The quantitative estimate of drug-likeness (QED) is 0.647. The highest BCUT2D eigenvalue weighted by atomic mass is 35.5. The van der Waals surface area contributed by atoms with Gasteiger partial charge < -0.3 is 10.6 Å². The van der Waals surface area contributed by atoms with Crippen LogP contribution in [0.25, 0.3) is 0 Å². The highest BCUT2D eigenvalue weighted by Gasteiger charge is 2.22. The fourth-order valence-corrected chi connectivity index (χ4v) is 2.64. The second-order valence-electron chi connectivity index (χ2n) is 5.97. The smallest absolute Gasteiger partial charge is 0.191 e. The SMILES string of the molecule is C=C(Cl)CN=C(NCC)NC1CCc2cn(C(C)C)nc2C1. The third-order valence-corrected chi connectivity index (χ3v) is 3.84. The van der Waals surface area contributed by atoms with E-state index in [1.54, 1.807) is 0 Å². The largest absolute Gasteiger partial charge is 0.357 e. The summed E-state index contributed by atoms with van der Waals surface area (Å²) in [6.45, 7) is 11.3. The van der Waals surface area contributed by atoms with Gasteiger partial charge in [-0.1, -0.05) is 18.2 Å². The van der Waals surface area contributed by atoms with Crippen molar-refractivity contribution in [3.05, 3.63) is 29.1 Å². The van der Waals surface area contributed by atoms with Crippen LogP contribution in [0.4, 0.5) is 0 Å². The van der Waals surface area contributed by atoms with Crippen molar-refractivity contribution in [2.75, 3.05) is 13.1 Å². The van der Waals surface area contributed by atoms with E-state index in [4.69, 9.17) is 16.7 Å². The molecule has 1 aromatic heterocycles. The number of aliphatic imine (C=N–C) groups is 1. The average molecular weight is 324 g/mol. The summed E-state index contributed by atoms with van der Waals surface area (Å²) in [7, 11) is 0. The minimum Gasteiger partial charge on any atom is -0.357 e. The van der Waals surface area contributed by atoms with Crippen molar-refractivity contribution in [3.63, 3.8) is 0 Å². The van der Waals surface area contributed by atoms with Crippen LogP contribution >= 0.6 is 11.6 Å². The van der Waals surface area contributed by atoms with Gasteiger partial charge in [-0.05, 0) is 39.2 Å². The first-order valence-electron chi connectivity index (χ1n) is 7.94. The summed E-state index contributed by atoms with van der Waals surface area (Å²) in [5.74, 6) is 0.793. The van der Waals surface area contributed by atoms with Gasteiger partial charge in [0.15, 0.2) is 5.96 Å². The first-order chi connectivity index (χ1) is 10.5. The Labute approximate surface area is 137 Å². The summed E-state index contributed by atoms with van der Waals surface area (Å²) in [6, 6.07) is 0.759. The molecule has 2 rings (SSSR count). The zero-order valence-corrected chi connectivity index (χ0v) is 14.5. The molecule has 1 atom stereocenters. The monoisotopic (exact) mass is 323 g/mol. The van der Waals surface area contributed by atoms with Gasteiger partial charge in [0.1, 0.15) is 0 Å². The van der Waals surface area contributed by atoms with Crippen LogP contribution in [0.15, 0.2) is 22.8 Å². The van der Waals surface area contributed by atoms with Gasteiger partial charge in [-0.3, -0.25) is 4.68 Å². The van der Waals surface area contributed by atoms with Crippen LogP contribution in [0.3, 0.4) is 0 Å². The van der Waals surface area contributed by atoms with Crippen LogP contribution in [-0.4, -0.2) is 34.9 Å². The van der Waals surface area contributed by atoms with E-state index in [1.807, 2.05) is 0 Å². The van der Waals surface area contributed by atoms with E-state index in [0.29, 0.717) is 23.7 Å². The van der Waals surface area contributed by atoms with Gasteiger partial charge in [-0.15, -0.1) is 0 Å². The number of nitrogens with zero attached hydrogens (tertiary/aromatic N) is 3. The maximum atomic E-state index is 5.79. The third kappa shape index (κ3) is 4.50. The number of nitrogens with one attached hydrogen (secondary N) is 2. The Bertz CT molecular complexity index is 547. The van der Waals surface area contributed by atoms with Crippen molar-refractivity contribution in [2.24, 2.45) is 4.99 Å². The summed E-state index contributed by atoms with van der Waals surface area (Å²) in [5.41, 5.74) is 2.58. The Balaban J connectivity index is 2.01. The summed E-state index contributed by atoms with van der Waals surface area (Å²) in [5, 5.41) is 12.0.